The maximum atomic E-state index is 11.8. The summed E-state index contributed by atoms with van der Waals surface area (Å²) < 4.78 is 4.82. The van der Waals surface area contributed by atoms with Gasteiger partial charge in [0.25, 0.3) is 5.91 Å². The summed E-state index contributed by atoms with van der Waals surface area (Å²) in [4.78, 5) is 23.9. The van der Waals surface area contributed by atoms with Crippen LogP contribution in [0.25, 0.3) is 0 Å². The molecule has 0 heterocycles. The number of hydrogen-bond donors (Lipinski definition) is 2. The molecule has 1 amide bonds. The SMILES string of the molecule is CN(C)c1cccc(C(=O)NCCOCC(=O)O)c1. The van der Waals surface area contributed by atoms with Gasteiger partial charge < -0.3 is 20.1 Å². The molecule has 0 aliphatic heterocycles. The molecule has 0 radical (unpaired) electrons. The number of nitrogens with zero attached hydrogens (tertiary/aromatic N) is 1. The van der Waals surface area contributed by atoms with E-state index in [-0.39, 0.29) is 25.7 Å². The summed E-state index contributed by atoms with van der Waals surface area (Å²) in [7, 11) is 3.80. The van der Waals surface area contributed by atoms with Crippen molar-refractivity contribution in [1.82, 2.24) is 5.32 Å². The van der Waals surface area contributed by atoms with E-state index in [1.165, 1.54) is 0 Å². The van der Waals surface area contributed by atoms with Crippen molar-refractivity contribution in [2.75, 3.05) is 38.8 Å². The van der Waals surface area contributed by atoms with E-state index in [9.17, 15) is 9.59 Å². The number of carbonyl (C=O) groups excluding carboxylic acids is 1. The summed E-state index contributed by atoms with van der Waals surface area (Å²) in [6.45, 7) is 0.0930. The molecule has 1 aromatic rings. The van der Waals surface area contributed by atoms with Crippen molar-refractivity contribution < 1.29 is 19.4 Å². The van der Waals surface area contributed by atoms with E-state index in [0.29, 0.717) is 5.56 Å². The molecule has 19 heavy (non-hydrogen) atoms. The van der Waals surface area contributed by atoms with Gasteiger partial charge in [-0.15, -0.1) is 0 Å². The molecule has 0 aliphatic carbocycles. The molecule has 2 N–H and O–H groups in total. The van der Waals surface area contributed by atoms with Crippen molar-refractivity contribution in [3.63, 3.8) is 0 Å². The second kappa shape index (κ2) is 7.38. The van der Waals surface area contributed by atoms with E-state index < -0.39 is 5.97 Å². The fourth-order valence-electron chi connectivity index (χ4n) is 1.42. The van der Waals surface area contributed by atoms with Crippen LogP contribution in [0.15, 0.2) is 24.3 Å². The Bertz CT molecular complexity index is 446. The Hall–Kier alpha value is -2.08. The van der Waals surface area contributed by atoms with Crippen LogP contribution in [-0.2, 0) is 9.53 Å². The zero-order valence-corrected chi connectivity index (χ0v) is 11.0. The summed E-state index contributed by atoms with van der Waals surface area (Å²) in [6.07, 6.45) is 0. The molecule has 0 aromatic heterocycles. The number of hydrogen-bond acceptors (Lipinski definition) is 4. The molecule has 0 aliphatic rings. The number of rotatable bonds is 7. The van der Waals surface area contributed by atoms with E-state index in [1.54, 1.807) is 12.1 Å². The maximum absolute atomic E-state index is 11.8. The molecule has 104 valence electrons. The molecular formula is C13H18N2O4. The van der Waals surface area contributed by atoms with E-state index in [0.717, 1.165) is 5.69 Å². The Morgan fingerprint density at radius 2 is 2.11 bits per heavy atom. The van der Waals surface area contributed by atoms with Crippen molar-refractivity contribution >= 4 is 17.6 Å². The zero-order valence-electron chi connectivity index (χ0n) is 11.0. The zero-order chi connectivity index (χ0) is 14.3. The van der Waals surface area contributed by atoms with Gasteiger partial charge in [0, 0.05) is 31.9 Å². The van der Waals surface area contributed by atoms with Crippen LogP contribution in [0.4, 0.5) is 5.69 Å². The third kappa shape index (κ3) is 5.39. The van der Waals surface area contributed by atoms with Crippen LogP contribution < -0.4 is 10.2 Å². The number of carboxylic acids is 1. The highest BCUT2D eigenvalue weighted by Gasteiger charge is 2.06. The Morgan fingerprint density at radius 1 is 1.37 bits per heavy atom. The quantitative estimate of drug-likeness (QED) is 0.706. The van der Waals surface area contributed by atoms with Gasteiger partial charge in [-0.1, -0.05) is 6.07 Å². The molecule has 1 aromatic carbocycles. The predicted molar refractivity (Wildman–Crippen MR) is 71.6 cm³/mol. The molecule has 1 rings (SSSR count). The second-order valence-electron chi connectivity index (χ2n) is 4.15. The minimum atomic E-state index is -1.02. The fourth-order valence-corrected chi connectivity index (χ4v) is 1.42. The Morgan fingerprint density at radius 3 is 2.74 bits per heavy atom. The molecule has 6 nitrogen and oxygen atoms in total. The number of carboxylic acid groups (broad SMARTS) is 1. The number of nitrogens with one attached hydrogen (secondary N) is 1. The van der Waals surface area contributed by atoms with Crippen LogP contribution in [-0.4, -0.2) is 50.8 Å². The lowest BCUT2D eigenvalue weighted by atomic mass is 10.2. The molecule has 0 unspecified atom stereocenters. The third-order valence-corrected chi connectivity index (χ3v) is 2.38. The minimum absolute atomic E-state index is 0.172. The van der Waals surface area contributed by atoms with Gasteiger partial charge in [0.1, 0.15) is 6.61 Å². The summed E-state index contributed by atoms with van der Waals surface area (Å²) in [5.74, 6) is -1.23. The number of ether oxygens (including phenoxy) is 1. The lowest BCUT2D eigenvalue weighted by Gasteiger charge is -2.13. The first kappa shape index (κ1) is 15.0. The standard InChI is InChI=1S/C13H18N2O4/c1-15(2)11-5-3-4-10(8-11)13(18)14-6-7-19-9-12(16)17/h3-5,8H,6-7,9H2,1-2H3,(H,14,18)(H,16,17). The highest BCUT2D eigenvalue weighted by Crippen LogP contribution is 2.13. The van der Waals surface area contributed by atoms with Crippen LogP contribution in [0.3, 0.4) is 0 Å². The van der Waals surface area contributed by atoms with Crippen molar-refractivity contribution in [1.29, 1.82) is 0 Å². The van der Waals surface area contributed by atoms with Crippen LogP contribution in [0.5, 0.6) is 0 Å². The van der Waals surface area contributed by atoms with Gasteiger partial charge >= 0.3 is 5.97 Å². The molecule has 0 fully saturated rings. The molecule has 0 atom stereocenters. The smallest absolute Gasteiger partial charge is 0.329 e. The largest absolute Gasteiger partial charge is 0.480 e. The first-order valence-corrected chi connectivity index (χ1v) is 5.86. The van der Waals surface area contributed by atoms with E-state index in [2.05, 4.69) is 5.32 Å². The molecule has 0 saturated carbocycles. The van der Waals surface area contributed by atoms with Gasteiger partial charge in [-0.3, -0.25) is 4.79 Å². The van der Waals surface area contributed by atoms with Gasteiger partial charge in [0.15, 0.2) is 0 Å². The van der Waals surface area contributed by atoms with Crippen LogP contribution >= 0.6 is 0 Å². The number of anilines is 1. The van der Waals surface area contributed by atoms with Crippen molar-refractivity contribution in [3.8, 4) is 0 Å². The summed E-state index contributed by atoms with van der Waals surface area (Å²) >= 11 is 0. The van der Waals surface area contributed by atoms with E-state index in [4.69, 9.17) is 9.84 Å². The van der Waals surface area contributed by atoms with E-state index >= 15 is 0 Å². The number of benzene rings is 1. The van der Waals surface area contributed by atoms with Crippen molar-refractivity contribution in [2.45, 2.75) is 0 Å². The predicted octanol–water partition coefficient (Wildman–Crippen LogP) is 0.584. The fraction of sp³-hybridized carbons (Fsp3) is 0.385. The minimum Gasteiger partial charge on any atom is -0.480 e. The molecule has 0 saturated heterocycles. The number of amides is 1. The monoisotopic (exact) mass is 266 g/mol. The Labute approximate surface area is 112 Å². The summed E-state index contributed by atoms with van der Waals surface area (Å²) in [5.41, 5.74) is 1.50. The Balaban J connectivity index is 2.41. The van der Waals surface area contributed by atoms with Crippen LogP contribution in [0.2, 0.25) is 0 Å². The summed E-state index contributed by atoms with van der Waals surface area (Å²) in [6, 6.07) is 7.23. The van der Waals surface area contributed by atoms with Gasteiger partial charge in [-0.2, -0.15) is 0 Å². The van der Waals surface area contributed by atoms with E-state index in [1.807, 2.05) is 31.1 Å². The Kier molecular flexibility index (Phi) is 5.81. The first-order chi connectivity index (χ1) is 9.00. The van der Waals surface area contributed by atoms with Gasteiger partial charge in [-0.05, 0) is 18.2 Å². The molecular weight excluding hydrogens is 248 g/mol. The normalized spacial score (nSPS) is 10.0. The second-order valence-corrected chi connectivity index (χ2v) is 4.15. The average molecular weight is 266 g/mol. The number of carbonyl (C=O) groups is 2. The topological polar surface area (TPSA) is 78.9 Å². The molecule has 6 heteroatoms. The highest BCUT2D eigenvalue weighted by atomic mass is 16.5. The average Bonchev–Trinajstić information content (AvgIpc) is 2.37. The number of aliphatic carboxylic acids is 1. The third-order valence-electron chi connectivity index (χ3n) is 2.38. The maximum Gasteiger partial charge on any atom is 0.329 e. The van der Waals surface area contributed by atoms with Gasteiger partial charge in [-0.25, -0.2) is 4.79 Å². The van der Waals surface area contributed by atoms with Gasteiger partial charge in [0.2, 0.25) is 0 Å². The van der Waals surface area contributed by atoms with Crippen LogP contribution in [0.1, 0.15) is 10.4 Å². The summed E-state index contributed by atoms with van der Waals surface area (Å²) in [5, 5.41) is 11.0. The van der Waals surface area contributed by atoms with Crippen molar-refractivity contribution in [2.24, 2.45) is 0 Å². The first-order valence-electron chi connectivity index (χ1n) is 5.86. The van der Waals surface area contributed by atoms with Crippen molar-refractivity contribution in [3.05, 3.63) is 29.8 Å². The lowest BCUT2D eigenvalue weighted by Crippen LogP contribution is -2.28. The molecule has 0 bridgehead atoms. The lowest BCUT2D eigenvalue weighted by molar-refractivity contribution is -0.142. The highest BCUT2D eigenvalue weighted by molar-refractivity contribution is 5.95. The van der Waals surface area contributed by atoms with Gasteiger partial charge in [0.05, 0.1) is 6.61 Å². The van der Waals surface area contributed by atoms with Crippen LogP contribution in [0, 0.1) is 0 Å². The molecule has 0 spiro atoms.